The first kappa shape index (κ1) is 15.5. The minimum atomic E-state index is -0.812. The predicted molar refractivity (Wildman–Crippen MR) is 83.5 cm³/mol. The third kappa shape index (κ3) is 3.60. The highest BCUT2D eigenvalue weighted by Gasteiger charge is 2.14. The summed E-state index contributed by atoms with van der Waals surface area (Å²) in [5.41, 5.74) is 2.52. The van der Waals surface area contributed by atoms with E-state index >= 15 is 0 Å². The first-order valence-electron chi connectivity index (χ1n) is 7.33. The highest BCUT2D eigenvalue weighted by molar-refractivity contribution is 5.47. The van der Waals surface area contributed by atoms with Crippen molar-refractivity contribution >= 4 is 5.69 Å². The molecule has 0 heterocycles. The number of nitrogens with one attached hydrogen (secondary N) is 1. The molecule has 0 radical (unpaired) electrons. The van der Waals surface area contributed by atoms with Gasteiger partial charge in [-0.1, -0.05) is 38.1 Å². The summed E-state index contributed by atoms with van der Waals surface area (Å²) in [4.78, 5) is 0. The van der Waals surface area contributed by atoms with Crippen LogP contribution in [0.5, 0.6) is 0 Å². The largest absolute Gasteiger partial charge is 0.378 e. The van der Waals surface area contributed by atoms with E-state index in [0.717, 1.165) is 18.2 Å². The molecule has 2 atom stereocenters. The van der Waals surface area contributed by atoms with Gasteiger partial charge in [0.25, 0.3) is 0 Å². The second kappa shape index (κ2) is 6.70. The van der Waals surface area contributed by atoms with Crippen molar-refractivity contribution in [2.75, 3.05) is 5.32 Å². The first-order chi connectivity index (χ1) is 10.0. The van der Waals surface area contributed by atoms with Crippen LogP contribution in [0.25, 0.3) is 0 Å². The van der Waals surface area contributed by atoms with Crippen LogP contribution in [0.2, 0.25) is 0 Å². The van der Waals surface area contributed by atoms with Gasteiger partial charge in [-0.3, -0.25) is 0 Å². The Morgan fingerprint density at radius 1 is 1.00 bits per heavy atom. The summed E-state index contributed by atoms with van der Waals surface area (Å²) in [6, 6.07) is 12.1. The molecule has 0 aliphatic carbocycles. The molecular formula is C18H21F2N. The summed E-state index contributed by atoms with van der Waals surface area (Å²) >= 11 is 0. The van der Waals surface area contributed by atoms with Crippen LogP contribution in [-0.4, -0.2) is 0 Å². The van der Waals surface area contributed by atoms with Crippen LogP contribution in [0.3, 0.4) is 0 Å². The molecule has 0 amide bonds. The number of anilines is 1. The number of halogens is 2. The average molecular weight is 289 g/mol. The zero-order valence-corrected chi connectivity index (χ0v) is 12.7. The van der Waals surface area contributed by atoms with E-state index < -0.39 is 11.6 Å². The topological polar surface area (TPSA) is 12.0 Å². The van der Waals surface area contributed by atoms with Gasteiger partial charge in [0, 0.05) is 11.3 Å². The summed E-state index contributed by atoms with van der Waals surface area (Å²) in [5.74, 6) is -1.07. The van der Waals surface area contributed by atoms with Crippen LogP contribution in [0.4, 0.5) is 14.5 Å². The Morgan fingerprint density at radius 3 is 2.29 bits per heavy atom. The van der Waals surface area contributed by atoms with Gasteiger partial charge in [0.15, 0.2) is 11.6 Å². The standard InChI is InChI=1S/C18H21F2N/c1-4-12(2)14-8-10-15(11-9-14)21-13(3)16-6-5-7-17(19)18(16)20/h5-13,21H,4H2,1-3H3. The Balaban J connectivity index is 2.12. The molecule has 0 fully saturated rings. The summed E-state index contributed by atoms with van der Waals surface area (Å²) < 4.78 is 27.0. The minimum Gasteiger partial charge on any atom is -0.378 e. The number of hydrogen-bond acceptors (Lipinski definition) is 1. The summed E-state index contributed by atoms with van der Waals surface area (Å²) in [6.45, 7) is 6.17. The molecule has 0 aromatic heterocycles. The molecule has 1 N–H and O–H groups in total. The van der Waals surface area contributed by atoms with E-state index in [0.29, 0.717) is 11.5 Å². The molecule has 0 saturated carbocycles. The van der Waals surface area contributed by atoms with Crippen LogP contribution < -0.4 is 5.32 Å². The fourth-order valence-corrected chi connectivity index (χ4v) is 2.33. The minimum absolute atomic E-state index is 0.296. The third-order valence-electron chi connectivity index (χ3n) is 3.92. The molecule has 2 rings (SSSR count). The first-order valence-corrected chi connectivity index (χ1v) is 7.33. The van der Waals surface area contributed by atoms with Gasteiger partial charge < -0.3 is 5.32 Å². The predicted octanol–water partition coefficient (Wildman–Crippen LogP) is 5.65. The lowest BCUT2D eigenvalue weighted by molar-refractivity contribution is 0.494. The van der Waals surface area contributed by atoms with E-state index in [1.165, 1.54) is 11.6 Å². The lowest BCUT2D eigenvalue weighted by Crippen LogP contribution is -2.09. The highest BCUT2D eigenvalue weighted by atomic mass is 19.2. The molecule has 112 valence electrons. The lowest BCUT2D eigenvalue weighted by atomic mass is 9.98. The molecule has 21 heavy (non-hydrogen) atoms. The maximum Gasteiger partial charge on any atom is 0.164 e. The average Bonchev–Trinajstić information content (AvgIpc) is 2.50. The molecule has 0 bridgehead atoms. The van der Waals surface area contributed by atoms with E-state index in [1.807, 2.05) is 19.1 Å². The Kier molecular flexibility index (Phi) is 4.94. The van der Waals surface area contributed by atoms with Crippen LogP contribution in [0.15, 0.2) is 42.5 Å². The smallest absolute Gasteiger partial charge is 0.164 e. The van der Waals surface area contributed by atoms with Crippen LogP contribution in [0, 0.1) is 11.6 Å². The Morgan fingerprint density at radius 2 is 1.67 bits per heavy atom. The van der Waals surface area contributed by atoms with E-state index in [4.69, 9.17) is 0 Å². The Bertz CT molecular complexity index is 593. The molecule has 2 aromatic carbocycles. The van der Waals surface area contributed by atoms with Gasteiger partial charge >= 0.3 is 0 Å². The fraction of sp³-hybridized carbons (Fsp3) is 0.333. The molecule has 0 aliphatic heterocycles. The number of benzene rings is 2. The van der Waals surface area contributed by atoms with Crippen molar-refractivity contribution in [2.24, 2.45) is 0 Å². The van der Waals surface area contributed by atoms with Gasteiger partial charge in [-0.2, -0.15) is 0 Å². The third-order valence-corrected chi connectivity index (χ3v) is 3.92. The zero-order valence-electron chi connectivity index (χ0n) is 12.7. The highest BCUT2D eigenvalue weighted by Crippen LogP contribution is 2.25. The SMILES string of the molecule is CCC(C)c1ccc(NC(C)c2cccc(F)c2F)cc1. The quantitative estimate of drug-likeness (QED) is 0.749. The van der Waals surface area contributed by atoms with Crippen molar-refractivity contribution in [3.05, 3.63) is 65.2 Å². The second-order valence-corrected chi connectivity index (χ2v) is 5.44. The molecular weight excluding hydrogens is 268 g/mol. The molecule has 2 unspecified atom stereocenters. The van der Waals surface area contributed by atoms with Gasteiger partial charge in [-0.05, 0) is 43.0 Å². The fourth-order valence-electron chi connectivity index (χ4n) is 2.33. The Hall–Kier alpha value is -1.90. The molecule has 1 nitrogen and oxygen atoms in total. The second-order valence-electron chi connectivity index (χ2n) is 5.44. The molecule has 3 heteroatoms. The Labute approximate surface area is 125 Å². The number of rotatable bonds is 5. The van der Waals surface area contributed by atoms with Gasteiger partial charge in [0.1, 0.15) is 0 Å². The van der Waals surface area contributed by atoms with E-state index in [9.17, 15) is 8.78 Å². The van der Waals surface area contributed by atoms with Gasteiger partial charge in [0.05, 0.1) is 6.04 Å². The van der Waals surface area contributed by atoms with Crippen LogP contribution in [-0.2, 0) is 0 Å². The molecule has 0 spiro atoms. The van der Waals surface area contributed by atoms with Crippen molar-refractivity contribution < 1.29 is 8.78 Å². The van der Waals surface area contributed by atoms with Crippen molar-refractivity contribution in [3.63, 3.8) is 0 Å². The van der Waals surface area contributed by atoms with Crippen molar-refractivity contribution in [1.29, 1.82) is 0 Å². The van der Waals surface area contributed by atoms with Gasteiger partial charge in [0.2, 0.25) is 0 Å². The maximum absolute atomic E-state index is 13.8. The van der Waals surface area contributed by atoms with Gasteiger partial charge in [-0.15, -0.1) is 0 Å². The van der Waals surface area contributed by atoms with Crippen LogP contribution in [0.1, 0.15) is 50.3 Å². The normalized spacial score (nSPS) is 13.8. The maximum atomic E-state index is 13.8. The lowest BCUT2D eigenvalue weighted by Gasteiger charge is -2.17. The summed E-state index contributed by atoms with van der Waals surface area (Å²) in [7, 11) is 0. The monoisotopic (exact) mass is 289 g/mol. The molecule has 0 saturated heterocycles. The van der Waals surface area contributed by atoms with Crippen molar-refractivity contribution in [3.8, 4) is 0 Å². The van der Waals surface area contributed by atoms with E-state index in [-0.39, 0.29) is 6.04 Å². The molecule has 2 aromatic rings. The van der Waals surface area contributed by atoms with Crippen molar-refractivity contribution in [1.82, 2.24) is 0 Å². The van der Waals surface area contributed by atoms with Gasteiger partial charge in [-0.25, -0.2) is 8.78 Å². The van der Waals surface area contributed by atoms with Crippen molar-refractivity contribution in [2.45, 2.75) is 39.2 Å². The zero-order chi connectivity index (χ0) is 15.4. The van der Waals surface area contributed by atoms with Crippen LogP contribution >= 0.6 is 0 Å². The van der Waals surface area contributed by atoms with E-state index in [1.54, 1.807) is 6.07 Å². The summed E-state index contributed by atoms with van der Waals surface area (Å²) in [5, 5.41) is 3.20. The molecule has 0 aliphatic rings. The number of hydrogen-bond donors (Lipinski definition) is 1. The van der Waals surface area contributed by atoms with E-state index in [2.05, 4.69) is 31.3 Å². The summed E-state index contributed by atoms with van der Waals surface area (Å²) in [6.07, 6.45) is 1.09.